The van der Waals surface area contributed by atoms with Crippen molar-refractivity contribution < 1.29 is 29.0 Å². The molecule has 3 heterocycles. The van der Waals surface area contributed by atoms with Crippen molar-refractivity contribution >= 4 is 35.1 Å². The van der Waals surface area contributed by atoms with E-state index in [1.165, 1.54) is 0 Å². The Bertz CT molecular complexity index is 1050. The number of unbranched alkanes of at least 4 members (excludes halogenated alkanes) is 3. The highest BCUT2D eigenvalue weighted by atomic mass is 35.5. The van der Waals surface area contributed by atoms with E-state index >= 15 is 0 Å². The van der Waals surface area contributed by atoms with E-state index in [9.17, 15) is 14.4 Å². The Morgan fingerprint density at radius 1 is 1.18 bits per heavy atom. The van der Waals surface area contributed by atoms with Gasteiger partial charge in [-0.2, -0.15) is 0 Å². The number of fused-ring (bicyclic) bond motifs is 1. The number of carbonyl (C=O) groups is 3. The average Bonchev–Trinajstić information content (AvgIpc) is 3.55. The van der Waals surface area contributed by atoms with Gasteiger partial charge in [-0.15, -0.1) is 13.2 Å². The summed E-state index contributed by atoms with van der Waals surface area (Å²) in [5, 5.41) is 9.66. The van der Waals surface area contributed by atoms with Crippen LogP contribution < -0.4 is 4.90 Å². The first-order valence-electron chi connectivity index (χ1n) is 13.4. The Kier molecular flexibility index (Phi) is 9.28. The molecule has 206 valence electrons. The van der Waals surface area contributed by atoms with E-state index in [4.69, 9.17) is 26.2 Å². The van der Waals surface area contributed by atoms with Gasteiger partial charge in [-0.3, -0.25) is 14.4 Å². The number of aliphatic hydroxyl groups is 1. The van der Waals surface area contributed by atoms with Gasteiger partial charge in [-0.05, 0) is 56.4 Å². The lowest BCUT2D eigenvalue weighted by Crippen LogP contribution is -2.56. The molecule has 38 heavy (non-hydrogen) atoms. The topological polar surface area (TPSA) is 96.4 Å². The molecule has 3 fully saturated rings. The molecule has 5 atom stereocenters. The Morgan fingerprint density at radius 3 is 2.61 bits per heavy atom. The van der Waals surface area contributed by atoms with Crippen molar-refractivity contribution in [3.8, 4) is 0 Å². The molecule has 1 aromatic carbocycles. The highest BCUT2D eigenvalue weighted by Gasteiger charge is 2.75. The molecule has 9 heteroatoms. The minimum absolute atomic E-state index is 0.122. The fourth-order valence-electron chi connectivity index (χ4n) is 6.25. The molecular formula is C29H37ClN2O6. The number of rotatable bonds is 14. The third-order valence-electron chi connectivity index (χ3n) is 7.90. The van der Waals surface area contributed by atoms with Crippen LogP contribution in [0.25, 0.3) is 0 Å². The van der Waals surface area contributed by atoms with E-state index in [2.05, 4.69) is 13.2 Å². The second kappa shape index (κ2) is 12.5. The average molecular weight is 545 g/mol. The van der Waals surface area contributed by atoms with Crippen LogP contribution in [0.5, 0.6) is 0 Å². The summed E-state index contributed by atoms with van der Waals surface area (Å²) in [6.45, 7) is 8.41. The van der Waals surface area contributed by atoms with E-state index in [-0.39, 0.29) is 31.6 Å². The third kappa shape index (κ3) is 5.26. The number of anilines is 1. The summed E-state index contributed by atoms with van der Waals surface area (Å²) in [6, 6.07) is 6.09. The summed E-state index contributed by atoms with van der Waals surface area (Å²) >= 11 is 6.09. The number of likely N-dealkylation sites (tertiary alicyclic amines) is 1. The van der Waals surface area contributed by atoms with Crippen LogP contribution in [0.4, 0.5) is 5.69 Å². The summed E-state index contributed by atoms with van der Waals surface area (Å²) in [5.41, 5.74) is -0.444. The number of esters is 1. The molecule has 3 saturated heterocycles. The van der Waals surface area contributed by atoms with Gasteiger partial charge in [0.05, 0.1) is 24.5 Å². The molecule has 1 aromatic rings. The smallest absolute Gasteiger partial charge is 0.312 e. The van der Waals surface area contributed by atoms with Crippen LogP contribution in [0.2, 0.25) is 5.02 Å². The molecule has 0 aliphatic carbocycles. The Balaban J connectivity index is 1.67. The summed E-state index contributed by atoms with van der Waals surface area (Å²) in [7, 11) is 0. The van der Waals surface area contributed by atoms with E-state index in [1.54, 1.807) is 46.2 Å². The van der Waals surface area contributed by atoms with E-state index in [1.807, 2.05) is 0 Å². The first-order valence-corrected chi connectivity index (χ1v) is 13.8. The van der Waals surface area contributed by atoms with Crippen molar-refractivity contribution in [1.29, 1.82) is 0 Å². The predicted molar refractivity (Wildman–Crippen MR) is 145 cm³/mol. The fraction of sp³-hybridized carbons (Fsp3) is 0.552. The number of halogens is 1. The maximum atomic E-state index is 14.3. The normalized spacial score (nSPS) is 27.3. The van der Waals surface area contributed by atoms with Crippen LogP contribution in [0, 0.1) is 11.8 Å². The van der Waals surface area contributed by atoms with Crippen LogP contribution in [-0.2, 0) is 23.9 Å². The number of hydrogen-bond acceptors (Lipinski definition) is 6. The van der Waals surface area contributed by atoms with Gasteiger partial charge in [0.1, 0.15) is 11.6 Å². The summed E-state index contributed by atoms with van der Waals surface area (Å²) in [6.07, 6.45) is 7.50. The maximum absolute atomic E-state index is 14.3. The third-order valence-corrected chi connectivity index (χ3v) is 8.15. The highest BCUT2D eigenvalue weighted by Crippen LogP contribution is 2.59. The van der Waals surface area contributed by atoms with Gasteiger partial charge >= 0.3 is 5.97 Å². The van der Waals surface area contributed by atoms with Crippen LogP contribution in [-0.4, -0.2) is 71.8 Å². The molecule has 2 amide bonds. The number of benzene rings is 1. The number of ether oxygens (including phenoxy) is 2. The lowest BCUT2D eigenvalue weighted by atomic mass is 9.70. The van der Waals surface area contributed by atoms with Crippen molar-refractivity contribution in [3.63, 3.8) is 0 Å². The number of carbonyl (C=O) groups excluding carboxylic acids is 3. The van der Waals surface area contributed by atoms with Crippen molar-refractivity contribution in [1.82, 2.24) is 4.90 Å². The lowest BCUT2D eigenvalue weighted by Gasteiger charge is -2.36. The maximum Gasteiger partial charge on any atom is 0.312 e. The number of amides is 2. The van der Waals surface area contributed by atoms with E-state index in [0.29, 0.717) is 49.4 Å². The Hall–Kier alpha value is -2.68. The zero-order chi connectivity index (χ0) is 27.3. The van der Waals surface area contributed by atoms with Crippen molar-refractivity contribution in [2.45, 2.75) is 62.7 Å². The molecule has 0 radical (unpaired) electrons. The number of hydrogen-bond donors (Lipinski definition) is 1. The van der Waals surface area contributed by atoms with Crippen molar-refractivity contribution in [2.24, 2.45) is 11.8 Å². The molecule has 2 unspecified atom stereocenters. The highest BCUT2D eigenvalue weighted by molar-refractivity contribution is 6.30. The van der Waals surface area contributed by atoms with Gasteiger partial charge in [0.15, 0.2) is 0 Å². The van der Waals surface area contributed by atoms with Gasteiger partial charge in [0, 0.05) is 30.4 Å². The van der Waals surface area contributed by atoms with E-state index in [0.717, 1.165) is 12.8 Å². The van der Waals surface area contributed by atoms with E-state index < -0.39 is 35.6 Å². The van der Waals surface area contributed by atoms with Crippen LogP contribution >= 0.6 is 11.6 Å². The molecule has 1 N–H and O–H groups in total. The predicted octanol–water partition coefficient (Wildman–Crippen LogP) is 3.91. The second-order valence-corrected chi connectivity index (χ2v) is 10.6. The molecule has 4 rings (SSSR count). The molecule has 0 saturated carbocycles. The van der Waals surface area contributed by atoms with Gasteiger partial charge in [0.2, 0.25) is 5.91 Å². The molecular weight excluding hydrogens is 508 g/mol. The van der Waals surface area contributed by atoms with Crippen molar-refractivity contribution in [3.05, 3.63) is 54.6 Å². The van der Waals surface area contributed by atoms with Crippen LogP contribution in [0.1, 0.15) is 44.9 Å². The zero-order valence-corrected chi connectivity index (χ0v) is 22.5. The summed E-state index contributed by atoms with van der Waals surface area (Å²) in [4.78, 5) is 44.7. The minimum atomic E-state index is -1.09. The SMILES string of the molecule is C=CCCOC(=O)[C@@H]1[C@@H]2CCC3(O2)C(C(=O)N(CC=C)c2ccc(Cl)cc2)N(CCCCCCO)C(=O)[C@H]13. The number of aliphatic hydroxyl groups excluding tert-OH is 1. The second-order valence-electron chi connectivity index (χ2n) is 10.2. The standard InChI is InChI=1S/C29H37ClN2O6/c1-3-5-19-37-28(36)23-22-14-15-29(38-22)24(23)26(34)32(17-8-6-7-9-18-33)25(29)27(35)31(16-4-2)21-12-10-20(30)11-13-21/h3-4,10-13,22-25,33H,1-2,5-9,14-19H2/t22-,23+,24-,25?,29?/m0/s1. The largest absolute Gasteiger partial charge is 0.465 e. The molecule has 3 aliphatic heterocycles. The quantitative estimate of drug-likeness (QED) is 0.217. The Labute approximate surface area is 229 Å². The van der Waals surface area contributed by atoms with Crippen molar-refractivity contribution in [2.75, 3.05) is 31.2 Å². The lowest BCUT2D eigenvalue weighted by molar-refractivity contribution is -0.155. The Morgan fingerprint density at radius 2 is 1.92 bits per heavy atom. The first-order chi connectivity index (χ1) is 18.4. The molecule has 1 spiro atoms. The molecule has 3 aliphatic rings. The minimum Gasteiger partial charge on any atom is -0.465 e. The summed E-state index contributed by atoms with van der Waals surface area (Å²) < 4.78 is 12.0. The first kappa shape index (κ1) is 28.3. The summed E-state index contributed by atoms with van der Waals surface area (Å²) in [5.74, 6) is -2.44. The molecule has 8 nitrogen and oxygen atoms in total. The van der Waals surface area contributed by atoms with Crippen LogP contribution in [0.3, 0.4) is 0 Å². The molecule has 2 bridgehead atoms. The van der Waals surface area contributed by atoms with Gasteiger partial charge in [-0.25, -0.2) is 0 Å². The molecule has 0 aromatic heterocycles. The van der Waals surface area contributed by atoms with Crippen LogP contribution in [0.15, 0.2) is 49.6 Å². The van der Waals surface area contributed by atoms with Gasteiger partial charge < -0.3 is 24.4 Å². The van der Waals surface area contributed by atoms with Gasteiger partial charge in [0.25, 0.3) is 5.91 Å². The zero-order valence-electron chi connectivity index (χ0n) is 21.7. The number of nitrogens with zero attached hydrogens (tertiary/aromatic N) is 2. The van der Waals surface area contributed by atoms with Gasteiger partial charge in [-0.1, -0.05) is 36.6 Å². The monoisotopic (exact) mass is 544 g/mol. The fourth-order valence-corrected chi connectivity index (χ4v) is 6.37.